The number of nitrogens with zero attached hydrogens (tertiary/aromatic N) is 3. The van der Waals surface area contributed by atoms with Crippen molar-refractivity contribution in [2.75, 3.05) is 24.4 Å². The van der Waals surface area contributed by atoms with E-state index in [0.29, 0.717) is 23.0 Å². The third-order valence-corrected chi connectivity index (χ3v) is 3.34. The molecule has 1 aromatic rings. The summed E-state index contributed by atoms with van der Waals surface area (Å²) in [6.07, 6.45) is 3.75. The summed E-state index contributed by atoms with van der Waals surface area (Å²) < 4.78 is 5.00. The highest BCUT2D eigenvalue weighted by Crippen LogP contribution is 2.31. The van der Waals surface area contributed by atoms with Gasteiger partial charge in [0.15, 0.2) is 5.82 Å². The standard InChI is InChI=1S/C10H13Cl2N3O/c1-16-10-13-6-8(12)9(14-10)15-4-2-3-7(15)5-11/h6-7H,2-5H2,1H3. The predicted molar refractivity (Wildman–Crippen MR) is 64.7 cm³/mol. The fourth-order valence-electron chi connectivity index (χ4n) is 1.92. The lowest BCUT2D eigenvalue weighted by atomic mass is 10.2. The van der Waals surface area contributed by atoms with Crippen molar-refractivity contribution in [3.05, 3.63) is 11.2 Å². The Morgan fingerprint density at radius 3 is 3.12 bits per heavy atom. The first-order chi connectivity index (χ1) is 7.76. The summed E-state index contributed by atoms with van der Waals surface area (Å²) in [5, 5.41) is 0.540. The van der Waals surface area contributed by atoms with E-state index in [4.69, 9.17) is 27.9 Å². The second-order valence-corrected chi connectivity index (χ2v) is 4.39. The van der Waals surface area contributed by atoms with Crippen LogP contribution in [0.5, 0.6) is 6.01 Å². The first-order valence-corrected chi connectivity index (χ1v) is 6.06. The molecule has 1 aliphatic heterocycles. The first kappa shape index (κ1) is 11.7. The van der Waals surface area contributed by atoms with E-state index in [0.717, 1.165) is 25.2 Å². The van der Waals surface area contributed by atoms with Gasteiger partial charge in [0.1, 0.15) is 5.02 Å². The second-order valence-electron chi connectivity index (χ2n) is 3.67. The lowest BCUT2D eigenvalue weighted by Crippen LogP contribution is -2.31. The van der Waals surface area contributed by atoms with Crippen molar-refractivity contribution in [2.45, 2.75) is 18.9 Å². The Labute approximate surface area is 105 Å². The topological polar surface area (TPSA) is 38.2 Å². The van der Waals surface area contributed by atoms with Gasteiger partial charge >= 0.3 is 6.01 Å². The number of ether oxygens (including phenoxy) is 1. The zero-order valence-electron chi connectivity index (χ0n) is 8.99. The van der Waals surface area contributed by atoms with Gasteiger partial charge in [-0.15, -0.1) is 11.6 Å². The quantitative estimate of drug-likeness (QED) is 0.784. The van der Waals surface area contributed by atoms with Crippen LogP contribution in [0.2, 0.25) is 5.02 Å². The maximum atomic E-state index is 6.09. The maximum absolute atomic E-state index is 6.09. The summed E-state index contributed by atoms with van der Waals surface area (Å²) in [6, 6.07) is 0.637. The van der Waals surface area contributed by atoms with Crippen LogP contribution in [0.1, 0.15) is 12.8 Å². The van der Waals surface area contributed by atoms with E-state index in [1.807, 2.05) is 0 Å². The van der Waals surface area contributed by atoms with E-state index in [-0.39, 0.29) is 0 Å². The van der Waals surface area contributed by atoms with Crippen LogP contribution in [-0.2, 0) is 0 Å². The van der Waals surface area contributed by atoms with Crippen LogP contribution < -0.4 is 9.64 Å². The number of halogens is 2. The number of hydrogen-bond donors (Lipinski definition) is 0. The van der Waals surface area contributed by atoms with Crippen molar-refractivity contribution in [3.8, 4) is 6.01 Å². The molecule has 0 aromatic carbocycles. The van der Waals surface area contributed by atoms with Crippen LogP contribution in [0, 0.1) is 0 Å². The van der Waals surface area contributed by atoms with Crippen LogP contribution in [0.3, 0.4) is 0 Å². The number of rotatable bonds is 3. The number of anilines is 1. The van der Waals surface area contributed by atoms with E-state index in [1.165, 1.54) is 7.11 Å². The molecular weight excluding hydrogens is 249 g/mol. The lowest BCUT2D eigenvalue weighted by Gasteiger charge is -2.24. The summed E-state index contributed by atoms with van der Waals surface area (Å²) >= 11 is 12.0. The van der Waals surface area contributed by atoms with Crippen LogP contribution in [-0.4, -0.2) is 35.5 Å². The zero-order valence-corrected chi connectivity index (χ0v) is 10.5. The smallest absolute Gasteiger partial charge is 0.318 e. The van der Waals surface area contributed by atoms with Gasteiger partial charge in [0, 0.05) is 18.5 Å². The average molecular weight is 262 g/mol. The molecule has 0 saturated carbocycles. The third-order valence-electron chi connectivity index (χ3n) is 2.71. The molecule has 1 saturated heterocycles. The van der Waals surface area contributed by atoms with Gasteiger partial charge in [0.2, 0.25) is 0 Å². The van der Waals surface area contributed by atoms with Crippen LogP contribution >= 0.6 is 23.2 Å². The van der Waals surface area contributed by atoms with Crippen LogP contribution in [0.4, 0.5) is 5.82 Å². The van der Waals surface area contributed by atoms with Gasteiger partial charge in [-0.3, -0.25) is 0 Å². The van der Waals surface area contributed by atoms with Crippen molar-refractivity contribution < 1.29 is 4.74 Å². The Kier molecular flexibility index (Phi) is 3.71. The Balaban J connectivity index is 2.31. The van der Waals surface area contributed by atoms with Gasteiger partial charge in [0.05, 0.1) is 13.3 Å². The molecule has 0 N–H and O–H groups in total. The average Bonchev–Trinajstić information content (AvgIpc) is 2.77. The third kappa shape index (κ3) is 2.18. The number of methoxy groups -OCH3 is 1. The first-order valence-electron chi connectivity index (χ1n) is 5.15. The SMILES string of the molecule is COc1ncc(Cl)c(N2CCCC2CCl)n1. The molecular formula is C10H13Cl2N3O. The van der Waals surface area contributed by atoms with Crippen LogP contribution in [0.25, 0.3) is 0 Å². The maximum Gasteiger partial charge on any atom is 0.318 e. The highest BCUT2D eigenvalue weighted by atomic mass is 35.5. The van der Waals surface area contributed by atoms with Gasteiger partial charge in [0.25, 0.3) is 0 Å². The minimum atomic E-state index is 0.304. The summed E-state index contributed by atoms with van der Waals surface area (Å²) in [6.45, 7) is 0.928. The highest BCUT2D eigenvalue weighted by molar-refractivity contribution is 6.32. The molecule has 1 fully saturated rings. The van der Waals surface area contributed by atoms with Crippen molar-refractivity contribution in [1.82, 2.24) is 9.97 Å². The Bertz CT molecular complexity index is 375. The minimum Gasteiger partial charge on any atom is -0.467 e. The molecule has 2 heterocycles. The number of hydrogen-bond acceptors (Lipinski definition) is 4. The highest BCUT2D eigenvalue weighted by Gasteiger charge is 2.27. The Hall–Kier alpha value is -0.740. The van der Waals surface area contributed by atoms with E-state index in [1.54, 1.807) is 6.20 Å². The van der Waals surface area contributed by atoms with Crippen LogP contribution in [0.15, 0.2) is 6.20 Å². The molecule has 1 aliphatic rings. The minimum absolute atomic E-state index is 0.304. The van der Waals surface area contributed by atoms with Gasteiger partial charge in [-0.2, -0.15) is 4.98 Å². The zero-order chi connectivity index (χ0) is 11.5. The molecule has 1 unspecified atom stereocenters. The van der Waals surface area contributed by atoms with Crippen molar-refractivity contribution in [2.24, 2.45) is 0 Å². The molecule has 6 heteroatoms. The molecule has 4 nitrogen and oxygen atoms in total. The normalized spacial score (nSPS) is 20.2. The fraction of sp³-hybridized carbons (Fsp3) is 0.600. The summed E-state index contributed by atoms with van der Waals surface area (Å²) in [7, 11) is 1.54. The molecule has 0 amide bonds. The number of alkyl halides is 1. The van der Waals surface area contributed by atoms with E-state index in [9.17, 15) is 0 Å². The predicted octanol–water partition coefficient (Wildman–Crippen LogP) is 2.35. The second kappa shape index (κ2) is 5.06. The molecule has 88 valence electrons. The monoisotopic (exact) mass is 261 g/mol. The summed E-state index contributed by atoms with van der Waals surface area (Å²) in [4.78, 5) is 10.4. The summed E-state index contributed by atoms with van der Waals surface area (Å²) in [5.41, 5.74) is 0. The number of aromatic nitrogens is 2. The van der Waals surface area contributed by atoms with Gasteiger partial charge in [-0.05, 0) is 12.8 Å². The largest absolute Gasteiger partial charge is 0.467 e. The van der Waals surface area contributed by atoms with Gasteiger partial charge in [-0.1, -0.05) is 11.6 Å². The fourth-order valence-corrected chi connectivity index (χ4v) is 2.44. The van der Waals surface area contributed by atoms with Gasteiger partial charge < -0.3 is 9.64 Å². The molecule has 0 bridgehead atoms. The van der Waals surface area contributed by atoms with Crippen molar-refractivity contribution >= 4 is 29.0 Å². The van der Waals surface area contributed by atoms with Crippen molar-refractivity contribution in [1.29, 1.82) is 0 Å². The Morgan fingerprint density at radius 1 is 1.62 bits per heavy atom. The molecule has 0 aliphatic carbocycles. The van der Waals surface area contributed by atoms with E-state index >= 15 is 0 Å². The van der Waals surface area contributed by atoms with E-state index in [2.05, 4.69) is 14.9 Å². The molecule has 2 rings (SSSR count). The van der Waals surface area contributed by atoms with Crippen molar-refractivity contribution in [3.63, 3.8) is 0 Å². The van der Waals surface area contributed by atoms with Gasteiger partial charge in [-0.25, -0.2) is 4.98 Å². The lowest BCUT2D eigenvalue weighted by molar-refractivity contribution is 0.379. The molecule has 16 heavy (non-hydrogen) atoms. The Morgan fingerprint density at radius 2 is 2.44 bits per heavy atom. The molecule has 0 radical (unpaired) electrons. The molecule has 1 aromatic heterocycles. The molecule has 0 spiro atoms. The summed E-state index contributed by atoms with van der Waals surface area (Å²) in [5.74, 6) is 1.31. The van der Waals surface area contributed by atoms with E-state index < -0.39 is 0 Å². The molecule has 1 atom stereocenters.